The summed E-state index contributed by atoms with van der Waals surface area (Å²) in [5, 5.41) is 31.9. The molecule has 0 radical (unpaired) electrons. The summed E-state index contributed by atoms with van der Waals surface area (Å²) in [6, 6.07) is 13.4. The Morgan fingerprint density at radius 3 is 2.57 bits per heavy atom. The van der Waals surface area contributed by atoms with Gasteiger partial charge in [0.15, 0.2) is 0 Å². The predicted octanol–water partition coefficient (Wildman–Crippen LogP) is 3.84. The standard InChI is InChI=1S/C27H33ClN2O5/c1-27(14-31,15-32)16-35-20-7-4-18(5-8-20)25-24-21(22-12-19(28)6-9-23(22)29-24)10-11-30(25)26(33)34-13-17-2-3-17/h4-9,12,17,25-26,29,31-33H,2-3,10-11,13-16H2,1H3/t25-,26?/m0/s1. The number of ether oxygens (including phenoxy) is 2. The molecule has 2 aliphatic rings. The van der Waals surface area contributed by atoms with Crippen molar-refractivity contribution >= 4 is 22.5 Å². The first-order valence-electron chi connectivity index (χ1n) is 12.2. The first-order valence-corrected chi connectivity index (χ1v) is 12.6. The number of nitrogens with zero attached hydrogens (tertiary/aromatic N) is 1. The Kier molecular flexibility index (Phi) is 7.08. The van der Waals surface area contributed by atoms with E-state index in [0.717, 1.165) is 41.4 Å². The van der Waals surface area contributed by atoms with Crippen LogP contribution in [0.15, 0.2) is 42.5 Å². The second kappa shape index (κ2) is 10.1. The van der Waals surface area contributed by atoms with Gasteiger partial charge in [0.2, 0.25) is 6.41 Å². The lowest BCUT2D eigenvalue weighted by Gasteiger charge is -2.38. The summed E-state index contributed by atoms with van der Waals surface area (Å²) in [6.07, 6.45) is 2.10. The highest BCUT2D eigenvalue weighted by Crippen LogP contribution is 2.40. The largest absolute Gasteiger partial charge is 0.493 e. The number of hydrogen-bond acceptors (Lipinski definition) is 6. The monoisotopic (exact) mass is 500 g/mol. The Balaban J connectivity index is 1.44. The molecule has 0 saturated heterocycles. The van der Waals surface area contributed by atoms with Crippen molar-refractivity contribution < 1.29 is 24.8 Å². The summed E-state index contributed by atoms with van der Waals surface area (Å²) < 4.78 is 11.7. The Labute approximate surface area is 210 Å². The van der Waals surface area contributed by atoms with E-state index >= 15 is 0 Å². The fourth-order valence-corrected chi connectivity index (χ4v) is 4.80. The summed E-state index contributed by atoms with van der Waals surface area (Å²) in [5.41, 5.74) is 3.55. The number of fused-ring (bicyclic) bond motifs is 3. The van der Waals surface area contributed by atoms with Crippen LogP contribution >= 0.6 is 11.6 Å². The summed E-state index contributed by atoms with van der Waals surface area (Å²) in [6.45, 7) is 2.87. The van der Waals surface area contributed by atoms with Crippen molar-refractivity contribution in [1.29, 1.82) is 0 Å². The first kappa shape index (κ1) is 24.6. The predicted molar refractivity (Wildman–Crippen MR) is 134 cm³/mol. The van der Waals surface area contributed by atoms with Crippen LogP contribution in [-0.4, -0.2) is 64.6 Å². The smallest absolute Gasteiger partial charge is 0.216 e. The Morgan fingerprint density at radius 2 is 1.89 bits per heavy atom. The van der Waals surface area contributed by atoms with Crippen molar-refractivity contribution in [3.8, 4) is 5.75 Å². The van der Waals surface area contributed by atoms with Crippen LogP contribution in [0.2, 0.25) is 5.02 Å². The lowest BCUT2D eigenvalue weighted by atomic mass is 9.92. The summed E-state index contributed by atoms with van der Waals surface area (Å²) in [4.78, 5) is 5.57. The molecule has 8 heteroatoms. The summed E-state index contributed by atoms with van der Waals surface area (Å²) >= 11 is 6.30. The van der Waals surface area contributed by atoms with Gasteiger partial charge in [-0.1, -0.05) is 30.7 Å². The van der Waals surface area contributed by atoms with Crippen molar-refractivity contribution in [3.05, 3.63) is 64.3 Å². The zero-order chi connectivity index (χ0) is 24.6. The number of aromatic nitrogens is 1. The van der Waals surface area contributed by atoms with E-state index < -0.39 is 11.8 Å². The van der Waals surface area contributed by atoms with Crippen LogP contribution in [0.5, 0.6) is 5.75 Å². The van der Waals surface area contributed by atoms with Crippen molar-refractivity contribution in [3.63, 3.8) is 0 Å². The van der Waals surface area contributed by atoms with E-state index in [1.165, 1.54) is 5.56 Å². The van der Waals surface area contributed by atoms with E-state index in [1.807, 2.05) is 47.4 Å². The number of aliphatic hydroxyl groups is 3. The fraction of sp³-hybridized carbons (Fsp3) is 0.481. The number of rotatable bonds is 10. The highest BCUT2D eigenvalue weighted by molar-refractivity contribution is 6.31. The van der Waals surface area contributed by atoms with Gasteiger partial charge in [-0.15, -0.1) is 0 Å². The van der Waals surface area contributed by atoms with Gasteiger partial charge in [0, 0.05) is 33.6 Å². The minimum Gasteiger partial charge on any atom is -0.493 e. The number of hydrogen-bond donors (Lipinski definition) is 4. The third kappa shape index (κ3) is 5.21. The molecular weight excluding hydrogens is 468 g/mol. The van der Waals surface area contributed by atoms with Crippen molar-refractivity contribution in [2.45, 2.75) is 38.6 Å². The van der Waals surface area contributed by atoms with E-state index in [1.54, 1.807) is 6.92 Å². The van der Waals surface area contributed by atoms with Gasteiger partial charge >= 0.3 is 0 Å². The molecule has 1 aromatic heterocycles. The van der Waals surface area contributed by atoms with Crippen LogP contribution in [0.25, 0.3) is 10.9 Å². The van der Waals surface area contributed by atoms with E-state index in [-0.39, 0.29) is 25.9 Å². The zero-order valence-electron chi connectivity index (χ0n) is 19.9. The minimum atomic E-state index is -1.01. The molecule has 1 aliphatic heterocycles. The molecule has 1 unspecified atom stereocenters. The molecule has 7 nitrogen and oxygen atoms in total. The first-order chi connectivity index (χ1) is 16.9. The molecule has 1 fully saturated rings. The average molecular weight is 501 g/mol. The highest BCUT2D eigenvalue weighted by Gasteiger charge is 2.36. The number of aliphatic hydroxyl groups excluding tert-OH is 3. The maximum Gasteiger partial charge on any atom is 0.216 e. The van der Waals surface area contributed by atoms with Crippen LogP contribution in [0.1, 0.15) is 42.6 Å². The van der Waals surface area contributed by atoms with Gasteiger partial charge in [0.25, 0.3) is 0 Å². The second-order valence-electron chi connectivity index (χ2n) is 10.2. The maximum absolute atomic E-state index is 11.0. The van der Waals surface area contributed by atoms with Gasteiger partial charge in [-0.2, -0.15) is 0 Å². The van der Waals surface area contributed by atoms with Crippen LogP contribution in [0.4, 0.5) is 0 Å². The summed E-state index contributed by atoms with van der Waals surface area (Å²) in [7, 11) is 0. The number of halogens is 1. The quantitative estimate of drug-likeness (QED) is 0.316. The summed E-state index contributed by atoms with van der Waals surface area (Å²) in [5.74, 6) is 1.21. The van der Waals surface area contributed by atoms with Gasteiger partial charge < -0.3 is 29.8 Å². The third-order valence-corrected chi connectivity index (χ3v) is 7.37. The van der Waals surface area contributed by atoms with Crippen molar-refractivity contribution in [1.82, 2.24) is 9.88 Å². The molecule has 35 heavy (non-hydrogen) atoms. The lowest BCUT2D eigenvalue weighted by molar-refractivity contribution is -0.206. The maximum atomic E-state index is 11.0. The molecule has 3 aromatic rings. The van der Waals surface area contributed by atoms with Crippen LogP contribution < -0.4 is 4.74 Å². The molecular formula is C27H33ClN2O5. The molecule has 188 valence electrons. The topological polar surface area (TPSA) is 98.2 Å². The molecule has 4 N–H and O–H groups in total. The molecule has 0 bridgehead atoms. The number of nitrogens with one attached hydrogen (secondary N) is 1. The average Bonchev–Trinajstić information content (AvgIpc) is 3.65. The molecule has 1 saturated carbocycles. The molecule has 0 spiro atoms. The van der Waals surface area contributed by atoms with Crippen molar-refractivity contribution in [2.24, 2.45) is 11.3 Å². The van der Waals surface area contributed by atoms with Crippen LogP contribution in [0.3, 0.4) is 0 Å². The van der Waals surface area contributed by atoms with Crippen molar-refractivity contribution in [2.75, 3.05) is 33.0 Å². The number of aromatic amines is 1. The Bertz CT molecular complexity index is 1160. The Morgan fingerprint density at radius 1 is 1.14 bits per heavy atom. The molecule has 5 rings (SSSR count). The van der Waals surface area contributed by atoms with Gasteiger partial charge in [-0.25, -0.2) is 4.90 Å². The van der Waals surface area contributed by atoms with E-state index in [2.05, 4.69) is 4.98 Å². The molecule has 2 atom stereocenters. The van der Waals surface area contributed by atoms with E-state index in [0.29, 0.717) is 29.8 Å². The third-order valence-electron chi connectivity index (χ3n) is 7.13. The van der Waals surface area contributed by atoms with Crippen LogP contribution in [0, 0.1) is 11.3 Å². The Hall–Kier alpha value is -2.13. The van der Waals surface area contributed by atoms with Gasteiger partial charge in [0.1, 0.15) is 5.75 Å². The van der Waals surface area contributed by atoms with E-state index in [9.17, 15) is 15.3 Å². The van der Waals surface area contributed by atoms with E-state index in [4.69, 9.17) is 21.1 Å². The van der Waals surface area contributed by atoms with Gasteiger partial charge in [-0.3, -0.25) is 0 Å². The minimum absolute atomic E-state index is 0.162. The van der Waals surface area contributed by atoms with Gasteiger partial charge in [-0.05, 0) is 66.6 Å². The highest BCUT2D eigenvalue weighted by atomic mass is 35.5. The van der Waals surface area contributed by atoms with Gasteiger partial charge in [0.05, 0.1) is 32.5 Å². The second-order valence-corrected chi connectivity index (χ2v) is 10.6. The number of H-pyrrole nitrogens is 1. The zero-order valence-corrected chi connectivity index (χ0v) is 20.7. The SMILES string of the molecule is CC(CO)(CO)COc1ccc([C@H]2c3[nH]c4ccc(Cl)cc4c3CCN2C(O)OCC2CC2)cc1. The molecule has 2 aromatic carbocycles. The normalized spacial score (nSPS) is 19.6. The fourth-order valence-electron chi connectivity index (χ4n) is 4.62. The molecule has 1 aliphatic carbocycles. The molecule has 0 amide bonds. The molecule has 2 heterocycles. The van der Waals surface area contributed by atoms with Crippen LogP contribution in [-0.2, 0) is 11.2 Å². The number of benzene rings is 2. The lowest BCUT2D eigenvalue weighted by Crippen LogP contribution is -2.44.